The predicted octanol–water partition coefficient (Wildman–Crippen LogP) is 16.9. The van der Waals surface area contributed by atoms with Gasteiger partial charge in [0.1, 0.15) is 0 Å². The molecule has 300 valence electrons. The SMILES string of the molecule is CC(C)(C)c1ccc(-n2c3ccc(S(C4=CC=CCC4)(c4ccccc4)c4ccccc4)cc3c3cc(S(c4ccccc4)(c4ccccc4)c4ccccc4)ccc32)cc1. The third-order valence-electron chi connectivity index (χ3n) is 12.3. The van der Waals surface area contributed by atoms with Crippen molar-refractivity contribution < 1.29 is 0 Å². The highest BCUT2D eigenvalue weighted by Gasteiger charge is 2.37. The van der Waals surface area contributed by atoms with Crippen LogP contribution in [0.3, 0.4) is 0 Å². The molecule has 0 bridgehead atoms. The average Bonchev–Trinajstić information content (AvgIpc) is 3.65. The number of fused-ring (bicyclic) bond motifs is 3. The van der Waals surface area contributed by atoms with E-state index in [1.165, 1.54) is 72.2 Å². The zero-order valence-electron chi connectivity index (χ0n) is 35.1. The van der Waals surface area contributed by atoms with Gasteiger partial charge >= 0.3 is 0 Å². The van der Waals surface area contributed by atoms with Gasteiger partial charge in [0.15, 0.2) is 0 Å². The molecular formula is C58H51NS2. The first kappa shape index (κ1) is 38.9. The van der Waals surface area contributed by atoms with E-state index < -0.39 is 20.1 Å². The number of allylic oxidation sites excluding steroid dienone is 4. The van der Waals surface area contributed by atoms with E-state index in [9.17, 15) is 0 Å². The number of aromatic nitrogens is 1. The number of nitrogens with zero attached hydrogens (tertiary/aromatic N) is 1. The molecule has 8 aromatic carbocycles. The van der Waals surface area contributed by atoms with Crippen LogP contribution in [0.15, 0.2) is 270 Å². The van der Waals surface area contributed by atoms with E-state index in [0.717, 1.165) is 12.8 Å². The fourth-order valence-electron chi connectivity index (χ4n) is 9.39. The van der Waals surface area contributed by atoms with Crippen molar-refractivity contribution in [3.05, 3.63) is 241 Å². The van der Waals surface area contributed by atoms with Gasteiger partial charge in [-0.3, -0.25) is 0 Å². The van der Waals surface area contributed by atoms with E-state index in [1.807, 2.05) is 0 Å². The highest BCUT2D eigenvalue weighted by Crippen LogP contribution is 2.76. The largest absolute Gasteiger partial charge is 0.309 e. The Morgan fingerprint density at radius 2 is 0.803 bits per heavy atom. The summed E-state index contributed by atoms with van der Waals surface area (Å²) in [6, 6.07) is 80.3. The zero-order valence-corrected chi connectivity index (χ0v) is 36.8. The highest BCUT2D eigenvalue weighted by molar-refractivity contribution is 8.37. The smallest absolute Gasteiger partial charge is 0.0541 e. The molecule has 1 aromatic heterocycles. The molecule has 1 aliphatic rings. The van der Waals surface area contributed by atoms with Crippen molar-refractivity contribution in [2.45, 2.75) is 73.3 Å². The van der Waals surface area contributed by atoms with Gasteiger partial charge in [0, 0.05) is 50.7 Å². The fraction of sp³-hybridized carbons (Fsp3) is 0.103. The third kappa shape index (κ3) is 6.59. The molecule has 0 N–H and O–H groups in total. The van der Waals surface area contributed by atoms with Crippen molar-refractivity contribution in [1.29, 1.82) is 0 Å². The molecule has 10 rings (SSSR count). The van der Waals surface area contributed by atoms with Gasteiger partial charge in [-0.05, 0) is 138 Å². The maximum atomic E-state index is 2.57. The molecule has 0 saturated carbocycles. The Labute approximate surface area is 364 Å². The van der Waals surface area contributed by atoms with Crippen LogP contribution < -0.4 is 0 Å². The summed E-state index contributed by atoms with van der Waals surface area (Å²) in [5.41, 5.74) is 4.99. The van der Waals surface area contributed by atoms with Crippen molar-refractivity contribution in [3.63, 3.8) is 0 Å². The summed E-state index contributed by atoms with van der Waals surface area (Å²) >= 11 is 0. The second-order valence-electron chi connectivity index (χ2n) is 16.9. The second-order valence-corrected chi connectivity index (χ2v) is 23.2. The Hall–Kier alpha value is -6.26. The maximum Gasteiger partial charge on any atom is 0.0541 e. The predicted molar refractivity (Wildman–Crippen MR) is 261 cm³/mol. The van der Waals surface area contributed by atoms with Crippen molar-refractivity contribution in [1.82, 2.24) is 4.57 Å². The topological polar surface area (TPSA) is 4.93 Å². The summed E-state index contributed by atoms with van der Waals surface area (Å²) < 4.78 is 2.50. The molecule has 3 heteroatoms. The summed E-state index contributed by atoms with van der Waals surface area (Å²) in [4.78, 5) is 10.9. The van der Waals surface area contributed by atoms with Gasteiger partial charge in [0.25, 0.3) is 0 Å². The summed E-state index contributed by atoms with van der Waals surface area (Å²) in [6.07, 6.45) is 9.07. The molecule has 1 aliphatic carbocycles. The molecular weight excluding hydrogens is 775 g/mol. The van der Waals surface area contributed by atoms with E-state index in [2.05, 4.69) is 256 Å². The molecule has 61 heavy (non-hydrogen) atoms. The van der Waals surface area contributed by atoms with Crippen LogP contribution >= 0.6 is 20.1 Å². The lowest BCUT2D eigenvalue weighted by Crippen LogP contribution is -2.10. The summed E-state index contributed by atoms with van der Waals surface area (Å²) in [5, 5.41) is 2.54. The molecule has 0 fully saturated rings. The molecule has 0 spiro atoms. The molecule has 1 heterocycles. The van der Waals surface area contributed by atoms with Crippen LogP contribution in [0.4, 0.5) is 0 Å². The van der Waals surface area contributed by atoms with Gasteiger partial charge in [-0.1, -0.05) is 142 Å². The Morgan fingerprint density at radius 1 is 0.410 bits per heavy atom. The Kier molecular flexibility index (Phi) is 10.2. The number of hydrogen-bond acceptors (Lipinski definition) is 0. The van der Waals surface area contributed by atoms with Crippen molar-refractivity contribution >= 4 is 41.9 Å². The van der Waals surface area contributed by atoms with E-state index in [-0.39, 0.29) is 5.41 Å². The lowest BCUT2D eigenvalue weighted by Gasteiger charge is -2.44. The Morgan fingerprint density at radius 3 is 1.18 bits per heavy atom. The van der Waals surface area contributed by atoms with Gasteiger partial charge in [-0.15, -0.1) is 20.1 Å². The van der Waals surface area contributed by atoms with E-state index in [4.69, 9.17) is 0 Å². The highest BCUT2D eigenvalue weighted by atomic mass is 32.3. The zero-order chi connectivity index (χ0) is 41.4. The van der Waals surface area contributed by atoms with Crippen LogP contribution in [0.2, 0.25) is 0 Å². The van der Waals surface area contributed by atoms with Crippen molar-refractivity contribution in [2.75, 3.05) is 0 Å². The maximum absolute atomic E-state index is 2.57. The summed E-state index contributed by atoms with van der Waals surface area (Å²) in [6.45, 7) is 6.87. The first-order valence-electron chi connectivity index (χ1n) is 21.4. The average molecular weight is 826 g/mol. The van der Waals surface area contributed by atoms with Crippen LogP contribution in [0, 0.1) is 0 Å². The Balaban J connectivity index is 1.33. The summed E-state index contributed by atoms with van der Waals surface area (Å²) in [5.74, 6) is 0. The van der Waals surface area contributed by atoms with Crippen LogP contribution in [0.25, 0.3) is 27.5 Å². The standard InChI is InChI=1S/C58H51NS2/c1-58(2,3)44-34-36-45(37-35-44)59-56-40-38-52(60(46-22-10-4-11-23-46,47-24-12-5-13-25-47)48-26-14-6-15-27-48)42-54(56)55-43-53(39-41-57(55)59)61(49-28-16-7-17-29-49,50-30-18-8-19-31-50)51-32-20-9-21-33-51/h4-20,22-32,34-43H,21,33H2,1-3H3. The van der Waals surface area contributed by atoms with Crippen LogP contribution in [-0.2, 0) is 5.41 Å². The van der Waals surface area contributed by atoms with E-state index >= 15 is 0 Å². The van der Waals surface area contributed by atoms with E-state index in [0.29, 0.717) is 0 Å². The van der Waals surface area contributed by atoms with Gasteiger partial charge in [-0.25, -0.2) is 0 Å². The molecule has 0 unspecified atom stereocenters. The lowest BCUT2D eigenvalue weighted by molar-refractivity contribution is 0.590. The minimum atomic E-state index is -1.91. The van der Waals surface area contributed by atoms with Crippen LogP contribution in [-0.4, -0.2) is 4.57 Å². The minimum Gasteiger partial charge on any atom is -0.309 e. The minimum absolute atomic E-state index is 0.0611. The molecule has 0 atom stereocenters. The number of rotatable bonds is 9. The van der Waals surface area contributed by atoms with Gasteiger partial charge in [0.2, 0.25) is 0 Å². The molecule has 9 aromatic rings. The number of hydrogen-bond donors (Lipinski definition) is 0. The van der Waals surface area contributed by atoms with E-state index in [1.54, 1.807) is 0 Å². The molecule has 0 saturated heterocycles. The molecule has 0 radical (unpaired) electrons. The monoisotopic (exact) mass is 825 g/mol. The van der Waals surface area contributed by atoms with Gasteiger partial charge in [-0.2, -0.15) is 0 Å². The second kappa shape index (κ2) is 16.0. The third-order valence-corrected chi connectivity index (χ3v) is 20.2. The summed E-state index contributed by atoms with van der Waals surface area (Å²) in [7, 11) is -3.74. The fourth-order valence-corrected chi connectivity index (χ4v) is 17.4. The number of benzene rings is 8. The van der Waals surface area contributed by atoms with Gasteiger partial charge < -0.3 is 4.57 Å². The first-order chi connectivity index (χ1) is 29.9. The van der Waals surface area contributed by atoms with Crippen LogP contribution in [0.1, 0.15) is 39.2 Å². The Bertz CT molecular complexity index is 2880. The van der Waals surface area contributed by atoms with Gasteiger partial charge in [0.05, 0.1) is 11.0 Å². The molecule has 0 amide bonds. The normalized spacial score (nSPS) is 13.9. The van der Waals surface area contributed by atoms with Crippen molar-refractivity contribution in [3.8, 4) is 5.69 Å². The quantitative estimate of drug-likeness (QED) is 0.137. The van der Waals surface area contributed by atoms with Crippen LogP contribution in [0.5, 0.6) is 0 Å². The molecule has 1 nitrogen and oxygen atoms in total. The lowest BCUT2D eigenvalue weighted by atomic mass is 9.87. The van der Waals surface area contributed by atoms with Crippen molar-refractivity contribution in [2.24, 2.45) is 0 Å². The molecule has 0 aliphatic heterocycles. The first-order valence-corrected chi connectivity index (χ1v) is 24.6.